The Morgan fingerprint density at radius 2 is 1.94 bits per heavy atom. The van der Waals surface area contributed by atoms with E-state index in [4.69, 9.17) is 16.7 Å². The maximum Gasteiger partial charge on any atom is 0.323 e. The van der Waals surface area contributed by atoms with Gasteiger partial charge in [-0.25, -0.2) is 0 Å². The maximum absolute atomic E-state index is 12.1. The third kappa shape index (κ3) is 3.72. The van der Waals surface area contributed by atoms with Gasteiger partial charge in [0.2, 0.25) is 5.91 Å². The Hall–Kier alpha value is -1.59. The van der Waals surface area contributed by atoms with Crippen LogP contribution in [-0.2, 0) is 9.59 Å². The minimum Gasteiger partial charge on any atom is -0.480 e. The van der Waals surface area contributed by atoms with Crippen molar-refractivity contribution in [3.63, 3.8) is 0 Å². The Bertz CT molecular complexity index is 433. The molecular weight excluding hydrogens is 256 g/mol. The summed E-state index contributed by atoms with van der Waals surface area (Å²) in [6, 6.07) is 6.00. The summed E-state index contributed by atoms with van der Waals surface area (Å²) >= 11 is 5.76. The number of halogens is 1. The highest BCUT2D eigenvalue weighted by Crippen LogP contribution is 2.18. The van der Waals surface area contributed by atoms with Crippen molar-refractivity contribution in [3.05, 3.63) is 29.3 Å². The molecule has 18 heavy (non-hydrogen) atoms. The number of hydrogen-bond donors (Lipinski definition) is 2. The molecule has 1 aromatic rings. The molecule has 0 spiro atoms. The van der Waals surface area contributed by atoms with E-state index in [1.54, 1.807) is 38.2 Å². The van der Waals surface area contributed by atoms with Crippen molar-refractivity contribution in [2.45, 2.75) is 13.0 Å². The molecule has 2 N–H and O–H groups in total. The van der Waals surface area contributed by atoms with Crippen LogP contribution in [-0.4, -0.2) is 36.6 Å². The van der Waals surface area contributed by atoms with E-state index in [2.05, 4.69) is 5.32 Å². The fraction of sp³-hybridized carbons (Fsp3) is 0.333. The number of aliphatic carboxylic acids is 1. The summed E-state index contributed by atoms with van der Waals surface area (Å²) in [6.45, 7) is 1.29. The molecule has 0 bridgehead atoms. The minimum absolute atomic E-state index is 0.303. The van der Waals surface area contributed by atoms with Crippen molar-refractivity contribution in [1.29, 1.82) is 0 Å². The molecule has 1 atom stereocenters. The molecule has 6 heteroatoms. The number of carbonyl (C=O) groups is 2. The normalized spacial score (nSPS) is 11.9. The van der Waals surface area contributed by atoms with Gasteiger partial charge in [-0.05, 0) is 38.2 Å². The Morgan fingerprint density at radius 1 is 1.39 bits per heavy atom. The number of carbonyl (C=O) groups excluding carboxylic acids is 1. The number of hydrogen-bond acceptors (Lipinski definition) is 3. The van der Waals surface area contributed by atoms with E-state index in [0.29, 0.717) is 10.7 Å². The molecule has 1 unspecified atom stereocenters. The highest BCUT2D eigenvalue weighted by molar-refractivity contribution is 6.30. The number of anilines is 1. The first-order valence-electron chi connectivity index (χ1n) is 5.41. The van der Waals surface area contributed by atoms with Crippen molar-refractivity contribution >= 4 is 29.2 Å². The second-order valence-electron chi connectivity index (χ2n) is 3.80. The number of benzene rings is 1. The van der Waals surface area contributed by atoms with E-state index >= 15 is 0 Å². The van der Waals surface area contributed by atoms with Gasteiger partial charge < -0.3 is 10.4 Å². The summed E-state index contributed by atoms with van der Waals surface area (Å²) in [5.74, 6) is -1.37. The fourth-order valence-corrected chi connectivity index (χ4v) is 1.54. The summed E-state index contributed by atoms with van der Waals surface area (Å²) in [6.07, 6.45) is 0. The lowest BCUT2D eigenvalue weighted by Gasteiger charge is -2.24. The maximum atomic E-state index is 12.1. The molecule has 1 rings (SSSR count). The quantitative estimate of drug-likeness (QED) is 0.848. The highest BCUT2D eigenvalue weighted by atomic mass is 35.5. The van der Waals surface area contributed by atoms with Gasteiger partial charge in [0, 0.05) is 10.7 Å². The minimum atomic E-state index is -1.07. The summed E-state index contributed by atoms with van der Waals surface area (Å²) < 4.78 is 0. The van der Waals surface area contributed by atoms with Crippen LogP contribution in [0.25, 0.3) is 0 Å². The predicted octanol–water partition coefficient (Wildman–Crippen LogP) is 1.37. The zero-order valence-corrected chi connectivity index (χ0v) is 10.9. The molecule has 0 saturated heterocycles. The van der Waals surface area contributed by atoms with E-state index in [1.807, 2.05) is 0 Å². The van der Waals surface area contributed by atoms with Crippen LogP contribution in [0, 0.1) is 0 Å². The van der Waals surface area contributed by atoms with Gasteiger partial charge in [0.15, 0.2) is 0 Å². The molecular formula is C12H15ClN2O3. The monoisotopic (exact) mass is 270 g/mol. The molecule has 98 valence electrons. The van der Waals surface area contributed by atoms with E-state index in [0.717, 1.165) is 0 Å². The lowest BCUT2D eigenvalue weighted by molar-refractivity contribution is -0.136. The molecule has 0 heterocycles. The van der Waals surface area contributed by atoms with Gasteiger partial charge in [0.05, 0.1) is 6.04 Å². The number of carboxylic acid groups (broad SMARTS) is 1. The van der Waals surface area contributed by atoms with Crippen molar-refractivity contribution < 1.29 is 14.7 Å². The van der Waals surface area contributed by atoms with Crippen molar-refractivity contribution in [3.8, 4) is 0 Å². The van der Waals surface area contributed by atoms with Gasteiger partial charge >= 0.3 is 5.97 Å². The molecule has 0 aromatic heterocycles. The standard InChI is InChI=1S/C12H15ClN2O3/c1-8(14-2)12(18)15(7-11(16)17)10-5-3-9(13)4-6-10/h3-6,8,14H,7H2,1-2H3,(H,16,17). The van der Waals surface area contributed by atoms with Crippen molar-refractivity contribution in [2.24, 2.45) is 0 Å². The van der Waals surface area contributed by atoms with Gasteiger partial charge in [-0.15, -0.1) is 0 Å². The van der Waals surface area contributed by atoms with E-state index in [1.165, 1.54) is 4.90 Å². The second-order valence-corrected chi connectivity index (χ2v) is 4.24. The Labute approximate surface area is 110 Å². The smallest absolute Gasteiger partial charge is 0.323 e. The van der Waals surface area contributed by atoms with Crippen LogP contribution in [0.15, 0.2) is 24.3 Å². The molecule has 0 saturated carbocycles. The number of nitrogens with zero attached hydrogens (tertiary/aromatic N) is 1. The van der Waals surface area contributed by atoms with Crippen LogP contribution < -0.4 is 10.2 Å². The molecule has 1 amide bonds. The van der Waals surface area contributed by atoms with E-state index < -0.39 is 12.0 Å². The fourth-order valence-electron chi connectivity index (χ4n) is 1.41. The number of likely N-dealkylation sites (N-methyl/N-ethyl adjacent to an activating group) is 1. The zero-order valence-electron chi connectivity index (χ0n) is 10.2. The Balaban J connectivity index is 3.01. The molecule has 0 aliphatic rings. The van der Waals surface area contributed by atoms with Crippen LogP contribution in [0.5, 0.6) is 0 Å². The topological polar surface area (TPSA) is 69.6 Å². The van der Waals surface area contributed by atoms with Crippen LogP contribution >= 0.6 is 11.6 Å². The van der Waals surface area contributed by atoms with Gasteiger partial charge in [0.1, 0.15) is 6.54 Å². The predicted molar refractivity (Wildman–Crippen MR) is 70.0 cm³/mol. The highest BCUT2D eigenvalue weighted by Gasteiger charge is 2.22. The molecule has 0 radical (unpaired) electrons. The second kappa shape index (κ2) is 6.37. The summed E-state index contributed by atoms with van der Waals surface area (Å²) in [7, 11) is 1.64. The third-order valence-electron chi connectivity index (χ3n) is 2.50. The summed E-state index contributed by atoms with van der Waals surface area (Å²) in [5, 5.41) is 12.2. The average molecular weight is 271 g/mol. The first-order chi connectivity index (χ1) is 8.45. The van der Waals surface area contributed by atoms with Gasteiger partial charge in [-0.3, -0.25) is 14.5 Å². The van der Waals surface area contributed by atoms with Crippen LogP contribution in [0.4, 0.5) is 5.69 Å². The molecule has 5 nitrogen and oxygen atoms in total. The lowest BCUT2D eigenvalue weighted by atomic mass is 10.2. The molecule has 0 fully saturated rings. The SMILES string of the molecule is CNC(C)C(=O)N(CC(=O)O)c1ccc(Cl)cc1. The number of carboxylic acids is 1. The average Bonchev–Trinajstić information content (AvgIpc) is 2.35. The van der Waals surface area contributed by atoms with Crippen molar-refractivity contribution in [1.82, 2.24) is 5.32 Å². The summed E-state index contributed by atoms with van der Waals surface area (Å²) in [4.78, 5) is 24.1. The largest absolute Gasteiger partial charge is 0.480 e. The first kappa shape index (κ1) is 14.5. The molecule has 0 aliphatic carbocycles. The zero-order chi connectivity index (χ0) is 13.7. The Kier molecular flexibility index (Phi) is 5.12. The number of rotatable bonds is 5. The van der Waals surface area contributed by atoms with Gasteiger partial charge in [-0.1, -0.05) is 11.6 Å². The molecule has 1 aromatic carbocycles. The van der Waals surface area contributed by atoms with Crippen LogP contribution in [0.1, 0.15) is 6.92 Å². The van der Waals surface area contributed by atoms with E-state index in [9.17, 15) is 9.59 Å². The van der Waals surface area contributed by atoms with E-state index in [-0.39, 0.29) is 12.5 Å². The van der Waals surface area contributed by atoms with Gasteiger partial charge in [-0.2, -0.15) is 0 Å². The lowest BCUT2D eigenvalue weighted by Crippen LogP contribution is -2.45. The van der Waals surface area contributed by atoms with Crippen LogP contribution in [0.2, 0.25) is 5.02 Å². The van der Waals surface area contributed by atoms with Gasteiger partial charge in [0.25, 0.3) is 0 Å². The summed E-state index contributed by atoms with van der Waals surface area (Å²) in [5.41, 5.74) is 0.508. The van der Waals surface area contributed by atoms with Crippen LogP contribution in [0.3, 0.4) is 0 Å². The Morgan fingerprint density at radius 3 is 2.39 bits per heavy atom. The number of nitrogens with one attached hydrogen (secondary N) is 1. The third-order valence-corrected chi connectivity index (χ3v) is 2.75. The van der Waals surface area contributed by atoms with Crippen molar-refractivity contribution in [2.75, 3.05) is 18.5 Å². The number of amides is 1. The first-order valence-corrected chi connectivity index (χ1v) is 5.79. The molecule has 0 aliphatic heterocycles.